The molecule has 1 heterocycles. The van der Waals surface area contributed by atoms with Crippen LogP contribution in [0, 0.1) is 0 Å². The number of ether oxygens (including phenoxy) is 2. The fourth-order valence-electron chi connectivity index (χ4n) is 2.83. The zero-order valence-corrected chi connectivity index (χ0v) is 17.6. The Kier molecular flexibility index (Phi) is 7.11. The molecule has 0 aliphatic rings. The Bertz CT molecular complexity index is 1200. The van der Waals surface area contributed by atoms with Crippen molar-refractivity contribution in [2.24, 2.45) is 4.99 Å². The molecule has 0 fully saturated rings. The van der Waals surface area contributed by atoms with Gasteiger partial charge in [-0.1, -0.05) is 23.7 Å². The third-order valence-corrected chi connectivity index (χ3v) is 4.68. The van der Waals surface area contributed by atoms with Gasteiger partial charge in [0, 0.05) is 7.11 Å². The summed E-state index contributed by atoms with van der Waals surface area (Å²) < 4.78 is 11.1. The molecule has 0 radical (unpaired) electrons. The lowest BCUT2D eigenvalue weighted by Crippen LogP contribution is -2.35. The molecule has 31 heavy (non-hydrogen) atoms. The van der Waals surface area contributed by atoms with Crippen LogP contribution in [0.15, 0.2) is 63.1 Å². The van der Waals surface area contributed by atoms with Crippen LogP contribution in [0.5, 0.6) is 11.6 Å². The number of hydrogen-bond donors (Lipinski definition) is 3. The number of anilines is 1. The Hall–Kier alpha value is -3.56. The maximum Gasteiger partial charge on any atom is 0.335 e. The van der Waals surface area contributed by atoms with E-state index in [4.69, 9.17) is 21.1 Å². The number of hydrogen-bond acceptors (Lipinski definition) is 6. The van der Waals surface area contributed by atoms with Crippen LogP contribution in [-0.4, -0.2) is 47.9 Å². The average Bonchev–Trinajstić information content (AvgIpc) is 2.75. The van der Waals surface area contributed by atoms with Gasteiger partial charge < -0.3 is 19.9 Å². The normalized spacial score (nSPS) is 11.4. The molecular formula is C21H21ClN4O5. The molecule has 0 aliphatic heterocycles. The molecule has 10 heteroatoms. The highest BCUT2D eigenvalue weighted by Crippen LogP contribution is 2.24. The van der Waals surface area contributed by atoms with E-state index in [-0.39, 0.29) is 24.6 Å². The highest BCUT2D eigenvalue weighted by atomic mass is 35.5. The van der Waals surface area contributed by atoms with E-state index in [0.29, 0.717) is 22.1 Å². The highest BCUT2D eigenvalue weighted by molar-refractivity contribution is 6.34. The first-order valence-corrected chi connectivity index (χ1v) is 9.62. The van der Waals surface area contributed by atoms with Crippen LogP contribution in [0.25, 0.3) is 5.69 Å². The smallest absolute Gasteiger partial charge is 0.335 e. The molecule has 0 bridgehead atoms. The molecular weight excluding hydrogens is 424 g/mol. The van der Waals surface area contributed by atoms with Gasteiger partial charge in [-0.2, -0.15) is 0 Å². The number of nitrogens with one attached hydrogen (secondary N) is 2. The quantitative estimate of drug-likeness (QED) is 0.292. The number of rotatable bonds is 7. The SMILES string of the molecule is COCCN=C(Nc1ccccc1Cl)c1c(O)n(-c2ccc(OC)cc2)c(=O)[nH]c1=O. The van der Waals surface area contributed by atoms with Gasteiger partial charge in [-0.3, -0.25) is 14.8 Å². The lowest BCUT2D eigenvalue weighted by Gasteiger charge is -2.15. The zero-order chi connectivity index (χ0) is 22.4. The summed E-state index contributed by atoms with van der Waals surface area (Å²) in [6.45, 7) is 0.480. The van der Waals surface area contributed by atoms with Crippen molar-refractivity contribution >= 4 is 23.1 Å². The second kappa shape index (κ2) is 9.96. The Balaban J connectivity index is 2.16. The summed E-state index contributed by atoms with van der Waals surface area (Å²) in [7, 11) is 3.03. The number of aromatic nitrogens is 2. The van der Waals surface area contributed by atoms with Crippen LogP contribution >= 0.6 is 11.6 Å². The minimum absolute atomic E-state index is 0.0335. The molecule has 0 atom stereocenters. The Morgan fingerprint density at radius 3 is 2.52 bits per heavy atom. The predicted octanol–water partition coefficient (Wildman–Crippen LogP) is 2.40. The van der Waals surface area contributed by atoms with Crippen LogP contribution in [-0.2, 0) is 4.74 Å². The first-order chi connectivity index (χ1) is 15.0. The van der Waals surface area contributed by atoms with Gasteiger partial charge >= 0.3 is 5.69 Å². The van der Waals surface area contributed by atoms with Crippen molar-refractivity contribution in [3.05, 3.63) is 80.0 Å². The van der Waals surface area contributed by atoms with Crippen molar-refractivity contribution in [1.29, 1.82) is 0 Å². The van der Waals surface area contributed by atoms with E-state index in [1.807, 2.05) is 0 Å². The van der Waals surface area contributed by atoms with Crippen molar-refractivity contribution in [3.63, 3.8) is 0 Å². The first-order valence-electron chi connectivity index (χ1n) is 9.24. The monoisotopic (exact) mass is 444 g/mol. The number of H-pyrrole nitrogens is 1. The third-order valence-electron chi connectivity index (χ3n) is 4.35. The number of aromatic hydroxyl groups is 1. The zero-order valence-electron chi connectivity index (χ0n) is 16.9. The van der Waals surface area contributed by atoms with Crippen LogP contribution in [0.4, 0.5) is 5.69 Å². The molecule has 1 aromatic heterocycles. The van der Waals surface area contributed by atoms with Crippen LogP contribution in [0.2, 0.25) is 5.02 Å². The van der Waals surface area contributed by atoms with Crippen molar-refractivity contribution in [1.82, 2.24) is 9.55 Å². The number of benzene rings is 2. The van der Waals surface area contributed by atoms with Gasteiger partial charge in [-0.25, -0.2) is 9.36 Å². The Labute approximate surface area is 182 Å². The van der Waals surface area contributed by atoms with Crippen molar-refractivity contribution in [3.8, 4) is 17.3 Å². The molecule has 162 valence electrons. The minimum Gasteiger partial charge on any atom is -0.497 e. The van der Waals surface area contributed by atoms with E-state index >= 15 is 0 Å². The number of halogens is 1. The largest absolute Gasteiger partial charge is 0.497 e. The van der Waals surface area contributed by atoms with Crippen molar-refractivity contribution < 1.29 is 14.6 Å². The topological polar surface area (TPSA) is 118 Å². The molecule has 9 nitrogen and oxygen atoms in total. The molecule has 0 amide bonds. The number of methoxy groups -OCH3 is 2. The lowest BCUT2D eigenvalue weighted by molar-refractivity contribution is 0.208. The number of nitrogens with zero attached hydrogens (tertiary/aromatic N) is 2. The molecule has 3 aromatic rings. The molecule has 2 aromatic carbocycles. The molecule has 3 N–H and O–H groups in total. The van der Waals surface area contributed by atoms with E-state index in [1.165, 1.54) is 14.2 Å². The molecule has 0 unspecified atom stereocenters. The highest BCUT2D eigenvalue weighted by Gasteiger charge is 2.21. The summed E-state index contributed by atoms with van der Waals surface area (Å²) in [5.74, 6) is 0.0314. The summed E-state index contributed by atoms with van der Waals surface area (Å²) >= 11 is 6.22. The van der Waals surface area contributed by atoms with E-state index in [1.54, 1.807) is 48.5 Å². The van der Waals surface area contributed by atoms with E-state index in [9.17, 15) is 14.7 Å². The Morgan fingerprint density at radius 2 is 1.87 bits per heavy atom. The van der Waals surface area contributed by atoms with Gasteiger partial charge in [0.15, 0.2) is 0 Å². The van der Waals surface area contributed by atoms with E-state index in [2.05, 4.69) is 15.3 Å². The number of para-hydroxylation sites is 1. The molecule has 0 saturated heterocycles. The minimum atomic E-state index is -0.803. The maximum atomic E-state index is 12.7. The van der Waals surface area contributed by atoms with Crippen LogP contribution < -0.4 is 21.3 Å². The van der Waals surface area contributed by atoms with E-state index < -0.39 is 17.1 Å². The summed E-state index contributed by atoms with van der Waals surface area (Å²) in [5.41, 5.74) is -1.02. The number of aliphatic imine (C=N–C) groups is 1. The molecule has 0 saturated carbocycles. The maximum absolute atomic E-state index is 12.7. The number of amidine groups is 1. The van der Waals surface area contributed by atoms with Gasteiger partial charge in [-0.05, 0) is 36.4 Å². The lowest BCUT2D eigenvalue weighted by atomic mass is 10.2. The van der Waals surface area contributed by atoms with Gasteiger partial charge in [-0.15, -0.1) is 0 Å². The second-order valence-corrected chi connectivity index (χ2v) is 6.73. The predicted molar refractivity (Wildman–Crippen MR) is 119 cm³/mol. The standard InChI is InChI=1S/C21H21ClN4O5/c1-30-12-11-23-18(24-16-6-4-3-5-15(16)22)17-19(27)25-21(29)26(20(17)28)13-7-9-14(31-2)10-8-13/h3-10,28H,11-12H2,1-2H3,(H,23,24)(H,25,27,29). The summed E-state index contributed by atoms with van der Waals surface area (Å²) in [5, 5.41) is 14.3. The fourth-order valence-corrected chi connectivity index (χ4v) is 3.01. The van der Waals surface area contributed by atoms with Crippen molar-refractivity contribution in [2.75, 3.05) is 32.7 Å². The van der Waals surface area contributed by atoms with Crippen LogP contribution in [0.1, 0.15) is 5.56 Å². The first kappa shape index (κ1) is 22.1. The molecule has 3 rings (SSSR count). The summed E-state index contributed by atoms with van der Waals surface area (Å²) in [6, 6.07) is 13.3. The second-order valence-electron chi connectivity index (χ2n) is 6.32. The fraction of sp³-hybridized carbons (Fsp3) is 0.190. The summed E-state index contributed by atoms with van der Waals surface area (Å²) in [6.07, 6.45) is 0. The average molecular weight is 445 g/mol. The van der Waals surface area contributed by atoms with Gasteiger partial charge in [0.05, 0.1) is 36.7 Å². The number of aromatic amines is 1. The van der Waals surface area contributed by atoms with Gasteiger partial charge in [0.25, 0.3) is 5.56 Å². The molecule has 0 spiro atoms. The van der Waals surface area contributed by atoms with E-state index in [0.717, 1.165) is 4.57 Å². The summed E-state index contributed by atoms with van der Waals surface area (Å²) in [4.78, 5) is 31.7. The van der Waals surface area contributed by atoms with Crippen LogP contribution in [0.3, 0.4) is 0 Å². The van der Waals surface area contributed by atoms with Gasteiger partial charge in [0.2, 0.25) is 5.88 Å². The third kappa shape index (κ3) is 4.96. The Morgan fingerprint density at radius 1 is 1.16 bits per heavy atom. The molecule has 0 aliphatic carbocycles. The van der Waals surface area contributed by atoms with Crippen molar-refractivity contribution in [2.45, 2.75) is 0 Å². The van der Waals surface area contributed by atoms with Gasteiger partial charge in [0.1, 0.15) is 17.1 Å².